The van der Waals surface area contributed by atoms with Crippen LogP contribution < -0.4 is 15.2 Å². The predicted octanol–water partition coefficient (Wildman–Crippen LogP) is 4.46. The smallest absolute Gasteiger partial charge is 0.406 e. The molecule has 184 valence electrons. The number of aryl methyl sites for hydroxylation is 1. The summed E-state index contributed by atoms with van der Waals surface area (Å²) in [5, 5.41) is 9.50. The second-order valence-electron chi connectivity index (χ2n) is 8.68. The van der Waals surface area contributed by atoms with Gasteiger partial charge in [0.05, 0.1) is 11.2 Å². The Hall–Kier alpha value is -3.29. The van der Waals surface area contributed by atoms with E-state index >= 15 is 0 Å². The zero-order chi connectivity index (χ0) is 25.5. The van der Waals surface area contributed by atoms with Crippen LogP contribution in [-0.2, 0) is 13.6 Å². The number of hydrogen-bond acceptors (Lipinski definition) is 6. The van der Waals surface area contributed by atoms with Gasteiger partial charge in [0.2, 0.25) is 0 Å². The van der Waals surface area contributed by atoms with E-state index in [9.17, 15) is 23.2 Å². The number of halogens is 4. The van der Waals surface area contributed by atoms with E-state index in [2.05, 4.69) is 25.6 Å². The molecule has 1 aromatic carbocycles. The van der Waals surface area contributed by atoms with E-state index in [-0.39, 0.29) is 34.1 Å². The normalized spacial score (nSPS) is 19.1. The van der Waals surface area contributed by atoms with Crippen LogP contribution >= 0.6 is 11.6 Å². The molecule has 1 aliphatic rings. The molecule has 2 atom stereocenters. The first-order valence-electron chi connectivity index (χ1n) is 10.9. The summed E-state index contributed by atoms with van der Waals surface area (Å²) >= 11 is 6.26. The number of ether oxygens (including phenoxy) is 1. The number of hydrogen-bond donors (Lipinski definition) is 0. The second kappa shape index (κ2) is 9.40. The summed E-state index contributed by atoms with van der Waals surface area (Å²) in [6.07, 6.45) is -4.78. The first-order valence-corrected chi connectivity index (χ1v) is 11.3. The van der Waals surface area contributed by atoms with Crippen LogP contribution in [0.15, 0.2) is 41.2 Å². The number of rotatable bonds is 4. The van der Waals surface area contributed by atoms with E-state index in [4.69, 9.17) is 11.6 Å². The van der Waals surface area contributed by atoms with Gasteiger partial charge in [-0.1, -0.05) is 17.7 Å². The SMILES string of the molecule is C[C@@H]1CN(c2cc(=O)n(C)c3ccc(C#N)nc23)[C@@H](C)CN1Cc1ccc(OC(F)(F)F)cc1Cl. The minimum atomic E-state index is -4.78. The van der Waals surface area contributed by atoms with E-state index in [0.29, 0.717) is 41.9 Å². The molecule has 3 heterocycles. The quantitative estimate of drug-likeness (QED) is 0.521. The van der Waals surface area contributed by atoms with Crippen LogP contribution in [0.25, 0.3) is 11.0 Å². The fourth-order valence-electron chi connectivity index (χ4n) is 4.42. The fraction of sp³-hybridized carbons (Fsp3) is 0.375. The molecule has 7 nitrogen and oxygen atoms in total. The van der Waals surface area contributed by atoms with E-state index in [1.165, 1.54) is 22.8 Å². The van der Waals surface area contributed by atoms with Crippen LogP contribution in [0, 0.1) is 11.3 Å². The van der Waals surface area contributed by atoms with E-state index in [1.807, 2.05) is 13.8 Å². The minimum absolute atomic E-state index is 0.0133. The molecule has 0 N–H and O–H groups in total. The van der Waals surface area contributed by atoms with Crippen molar-refractivity contribution in [1.82, 2.24) is 14.5 Å². The lowest BCUT2D eigenvalue weighted by molar-refractivity contribution is -0.274. The van der Waals surface area contributed by atoms with Gasteiger partial charge >= 0.3 is 6.36 Å². The monoisotopic (exact) mass is 505 g/mol. The zero-order valence-corrected chi connectivity index (χ0v) is 20.1. The molecule has 0 saturated carbocycles. The molecule has 0 radical (unpaired) electrons. The van der Waals surface area contributed by atoms with Crippen LogP contribution in [0.3, 0.4) is 0 Å². The zero-order valence-electron chi connectivity index (χ0n) is 19.3. The maximum absolute atomic E-state index is 12.6. The third-order valence-electron chi connectivity index (χ3n) is 6.24. The molecule has 4 rings (SSSR count). The lowest BCUT2D eigenvalue weighted by atomic mass is 10.0. The van der Waals surface area contributed by atoms with E-state index < -0.39 is 6.36 Å². The highest BCUT2D eigenvalue weighted by Crippen LogP contribution is 2.32. The summed E-state index contributed by atoms with van der Waals surface area (Å²) < 4.78 is 42.9. The molecular formula is C24H23ClF3N5O2. The fourth-order valence-corrected chi connectivity index (χ4v) is 4.65. The maximum Gasteiger partial charge on any atom is 0.573 e. The molecule has 1 saturated heterocycles. The van der Waals surface area contributed by atoms with Crippen molar-refractivity contribution in [1.29, 1.82) is 5.26 Å². The molecule has 0 spiro atoms. The number of nitrogens with zero attached hydrogens (tertiary/aromatic N) is 5. The number of pyridine rings is 2. The van der Waals surface area contributed by atoms with Crippen molar-refractivity contribution in [3.05, 3.63) is 63.0 Å². The molecule has 0 aliphatic carbocycles. The Labute approximate surface area is 204 Å². The average molecular weight is 506 g/mol. The van der Waals surface area contributed by atoms with Gasteiger partial charge in [0.1, 0.15) is 23.0 Å². The topological polar surface area (TPSA) is 74.4 Å². The van der Waals surface area contributed by atoms with Gasteiger partial charge < -0.3 is 14.2 Å². The molecule has 1 fully saturated rings. The van der Waals surface area contributed by atoms with Crippen molar-refractivity contribution in [3.8, 4) is 11.8 Å². The summed E-state index contributed by atoms with van der Waals surface area (Å²) in [5.41, 5.74) is 2.68. The standard InChI is InChI=1S/C24H23ClF3N5O2/c1-14-12-33(21-9-22(34)31(3)20-7-5-17(10-29)30-23(20)21)15(2)11-32(14)13-16-4-6-18(8-19(16)25)35-24(26,27)28/h4-9,14-15H,11-13H2,1-3H3/t14-,15+/m1/s1. The Morgan fingerprint density at radius 3 is 2.57 bits per heavy atom. The Morgan fingerprint density at radius 2 is 1.91 bits per heavy atom. The van der Waals surface area contributed by atoms with Gasteiger partial charge in [-0.15, -0.1) is 13.2 Å². The van der Waals surface area contributed by atoms with Crippen LogP contribution in [0.2, 0.25) is 5.02 Å². The number of nitriles is 1. The van der Waals surface area contributed by atoms with Crippen LogP contribution in [0.4, 0.5) is 18.9 Å². The molecule has 35 heavy (non-hydrogen) atoms. The summed E-state index contributed by atoms with van der Waals surface area (Å²) in [6.45, 7) is 5.70. The molecule has 0 amide bonds. The molecule has 2 aromatic heterocycles. The Morgan fingerprint density at radius 1 is 1.17 bits per heavy atom. The van der Waals surface area contributed by atoms with Crippen molar-refractivity contribution in [2.45, 2.75) is 38.8 Å². The molecule has 3 aromatic rings. The van der Waals surface area contributed by atoms with Crippen molar-refractivity contribution in [3.63, 3.8) is 0 Å². The van der Waals surface area contributed by atoms with Gasteiger partial charge in [0.15, 0.2) is 0 Å². The lowest BCUT2D eigenvalue weighted by Gasteiger charge is -2.45. The molecule has 1 aliphatic heterocycles. The van der Waals surface area contributed by atoms with Gasteiger partial charge in [-0.3, -0.25) is 9.69 Å². The largest absolute Gasteiger partial charge is 0.573 e. The molecule has 11 heteroatoms. The summed E-state index contributed by atoms with van der Waals surface area (Å²) in [4.78, 5) is 21.4. The van der Waals surface area contributed by atoms with Gasteiger partial charge in [-0.25, -0.2) is 4.98 Å². The van der Waals surface area contributed by atoms with Crippen molar-refractivity contribution in [2.24, 2.45) is 7.05 Å². The Kier molecular flexibility index (Phi) is 6.66. The van der Waals surface area contributed by atoms with Crippen molar-refractivity contribution < 1.29 is 17.9 Å². The lowest BCUT2D eigenvalue weighted by Crippen LogP contribution is -2.56. The van der Waals surface area contributed by atoms with Gasteiger partial charge in [0.25, 0.3) is 5.56 Å². The van der Waals surface area contributed by atoms with Crippen molar-refractivity contribution in [2.75, 3.05) is 18.0 Å². The highest BCUT2D eigenvalue weighted by atomic mass is 35.5. The maximum atomic E-state index is 12.6. The minimum Gasteiger partial charge on any atom is -0.406 e. The predicted molar refractivity (Wildman–Crippen MR) is 127 cm³/mol. The molecule has 0 unspecified atom stereocenters. The highest BCUT2D eigenvalue weighted by molar-refractivity contribution is 6.31. The average Bonchev–Trinajstić information content (AvgIpc) is 2.79. The molecule has 0 bridgehead atoms. The Balaban J connectivity index is 1.58. The third-order valence-corrected chi connectivity index (χ3v) is 6.59. The number of alkyl halides is 3. The first-order chi connectivity index (χ1) is 16.5. The molecular weight excluding hydrogens is 483 g/mol. The van der Waals surface area contributed by atoms with Gasteiger partial charge in [-0.05, 0) is 43.7 Å². The third kappa shape index (κ3) is 5.21. The summed E-state index contributed by atoms with van der Waals surface area (Å²) in [5.74, 6) is -0.362. The number of piperazine rings is 1. The van der Waals surface area contributed by atoms with E-state index in [0.717, 1.165) is 0 Å². The Bertz CT molecular complexity index is 1370. The number of benzene rings is 1. The number of fused-ring (bicyclic) bond motifs is 1. The summed E-state index contributed by atoms with van der Waals surface area (Å²) in [7, 11) is 1.67. The van der Waals surface area contributed by atoms with E-state index in [1.54, 1.807) is 25.2 Å². The highest BCUT2D eigenvalue weighted by Gasteiger charge is 2.33. The van der Waals surface area contributed by atoms with Crippen molar-refractivity contribution >= 4 is 28.3 Å². The number of anilines is 1. The van der Waals surface area contributed by atoms with Crippen LogP contribution in [0.5, 0.6) is 5.75 Å². The van der Waals surface area contributed by atoms with Crippen LogP contribution in [-0.4, -0.2) is 46.0 Å². The van der Waals surface area contributed by atoms with Gasteiger partial charge in [0, 0.05) is 49.9 Å². The number of aromatic nitrogens is 2. The van der Waals surface area contributed by atoms with Crippen LogP contribution in [0.1, 0.15) is 25.1 Å². The second-order valence-corrected chi connectivity index (χ2v) is 9.09. The summed E-state index contributed by atoms with van der Waals surface area (Å²) in [6, 6.07) is 10.9. The van der Waals surface area contributed by atoms with Gasteiger partial charge in [-0.2, -0.15) is 5.26 Å². The first kappa shape index (κ1) is 24.8.